The number of piperidine rings is 1. The van der Waals surface area contributed by atoms with Gasteiger partial charge in [-0.25, -0.2) is 0 Å². The van der Waals surface area contributed by atoms with Crippen LogP contribution in [-0.4, -0.2) is 29.5 Å². The smallest absolute Gasteiger partial charge is 0.00952 e. The molecule has 1 unspecified atom stereocenters. The Balaban J connectivity index is 0.00000112. The Labute approximate surface area is 94.3 Å². The predicted molar refractivity (Wildman–Crippen MR) is 65.0 cm³/mol. The highest BCUT2D eigenvalue weighted by molar-refractivity contribution is 4.84. The molecular formula is C13H27NO. The van der Waals surface area contributed by atoms with Gasteiger partial charge in [-0.3, -0.25) is 0 Å². The summed E-state index contributed by atoms with van der Waals surface area (Å²) in [6.45, 7) is 7.55. The molecule has 2 N–H and O–H groups in total. The first-order valence-corrected chi connectivity index (χ1v) is 6.55. The largest absolute Gasteiger partial charge is 0.412 e. The van der Waals surface area contributed by atoms with Crippen molar-refractivity contribution in [3.63, 3.8) is 0 Å². The molecule has 1 saturated carbocycles. The monoisotopic (exact) mass is 213 g/mol. The fourth-order valence-electron chi connectivity index (χ4n) is 2.94. The molecule has 1 aliphatic carbocycles. The summed E-state index contributed by atoms with van der Waals surface area (Å²) in [5.74, 6) is 1.98. The van der Waals surface area contributed by atoms with Gasteiger partial charge < -0.3 is 10.4 Å². The van der Waals surface area contributed by atoms with Crippen LogP contribution in [0.4, 0.5) is 0 Å². The van der Waals surface area contributed by atoms with Crippen LogP contribution < -0.4 is 0 Å². The Kier molecular flexibility index (Phi) is 5.07. The predicted octanol–water partition coefficient (Wildman–Crippen LogP) is 2.47. The van der Waals surface area contributed by atoms with Crippen molar-refractivity contribution in [2.75, 3.05) is 13.1 Å². The molecule has 1 atom stereocenters. The molecule has 0 amide bonds. The molecule has 0 bridgehead atoms. The molecule has 90 valence electrons. The highest BCUT2D eigenvalue weighted by Crippen LogP contribution is 2.32. The molecular weight excluding hydrogens is 186 g/mol. The van der Waals surface area contributed by atoms with Gasteiger partial charge in [-0.2, -0.15) is 0 Å². The molecule has 0 aromatic carbocycles. The van der Waals surface area contributed by atoms with Gasteiger partial charge in [0, 0.05) is 6.04 Å². The minimum Gasteiger partial charge on any atom is -0.412 e. The molecule has 1 heterocycles. The minimum atomic E-state index is 0. The summed E-state index contributed by atoms with van der Waals surface area (Å²) in [5, 5.41) is 0. The first-order valence-electron chi connectivity index (χ1n) is 6.55. The van der Waals surface area contributed by atoms with E-state index in [4.69, 9.17) is 0 Å². The molecule has 0 spiro atoms. The third-order valence-corrected chi connectivity index (χ3v) is 4.61. The van der Waals surface area contributed by atoms with Crippen LogP contribution in [0.2, 0.25) is 0 Å². The van der Waals surface area contributed by atoms with E-state index in [0.29, 0.717) is 0 Å². The first kappa shape index (κ1) is 13.0. The Morgan fingerprint density at radius 3 is 2.13 bits per heavy atom. The van der Waals surface area contributed by atoms with Gasteiger partial charge in [-0.15, -0.1) is 0 Å². The quantitative estimate of drug-likeness (QED) is 0.709. The molecule has 2 aliphatic rings. The lowest BCUT2D eigenvalue weighted by molar-refractivity contribution is 0.0710. The van der Waals surface area contributed by atoms with E-state index in [9.17, 15) is 0 Å². The summed E-state index contributed by atoms with van der Waals surface area (Å²) in [6.07, 6.45) is 8.74. The molecule has 2 nitrogen and oxygen atoms in total. The number of rotatable bonds is 3. The average molecular weight is 213 g/mol. The molecule has 1 aliphatic heterocycles. The van der Waals surface area contributed by atoms with E-state index in [0.717, 1.165) is 17.9 Å². The van der Waals surface area contributed by atoms with Crippen molar-refractivity contribution in [2.45, 2.75) is 58.4 Å². The summed E-state index contributed by atoms with van der Waals surface area (Å²) in [7, 11) is 0. The van der Waals surface area contributed by atoms with Gasteiger partial charge in [0.25, 0.3) is 0 Å². The van der Waals surface area contributed by atoms with Crippen LogP contribution in [0.25, 0.3) is 0 Å². The highest BCUT2D eigenvalue weighted by atomic mass is 16.0. The van der Waals surface area contributed by atoms with Gasteiger partial charge in [0.05, 0.1) is 0 Å². The second kappa shape index (κ2) is 5.86. The zero-order valence-corrected chi connectivity index (χ0v) is 10.3. The highest BCUT2D eigenvalue weighted by Gasteiger charge is 2.29. The van der Waals surface area contributed by atoms with Crippen LogP contribution >= 0.6 is 0 Å². The molecule has 2 fully saturated rings. The summed E-state index contributed by atoms with van der Waals surface area (Å²) < 4.78 is 0. The SMILES string of the molecule is CCC(C)C1CCN(C2CCC2)CC1.O. The maximum Gasteiger partial charge on any atom is 0.00952 e. The summed E-state index contributed by atoms with van der Waals surface area (Å²) >= 11 is 0. The van der Waals surface area contributed by atoms with Crippen LogP contribution in [0.1, 0.15) is 52.4 Å². The molecule has 15 heavy (non-hydrogen) atoms. The number of hydrogen-bond acceptors (Lipinski definition) is 1. The maximum absolute atomic E-state index is 2.75. The van der Waals surface area contributed by atoms with E-state index < -0.39 is 0 Å². The molecule has 1 saturated heterocycles. The Bertz CT molecular complexity index is 159. The Morgan fingerprint density at radius 2 is 1.73 bits per heavy atom. The van der Waals surface area contributed by atoms with Gasteiger partial charge >= 0.3 is 0 Å². The molecule has 0 aromatic heterocycles. The fraction of sp³-hybridized carbons (Fsp3) is 1.00. The van der Waals surface area contributed by atoms with Crippen molar-refractivity contribution < 1.29 is 5.48 Å². The zero-order chi connectivity index (χ0) is 9.97. The topological polar surface area (TPSA) is 34.7 Å². The van der Waals surface area contributed by atoms with E-state index in [2.05, 4.69) is 18.7 Å². The van der Waals surface area contributed by atoms with Crippen molar-refractivity contribution >= 4 is 0 Å². The van der Waals surface area contributed by atoms with E-state index in [1.807, 2.05) is 0 Å². The normalized spacial score (nSPS) is 26.8. The van der Waals surface area contributed by atoms with Gasteiger partial charge in [0.15, 0.2) is 0 Å². The van der Waals surface area contributed by atoms with Crippen LogP contribution in [0.5, 0.6) is 0 Å². The number of likely N-dealkylation sites (tertiary alicyclic amines) is 1. The van der Waals surface area contributed by atoms with Crippen LogP contribution in [-0.2, 0) is 0 Å². The van der Waals surface area contributed by atoms with Gasteiger partial charge in [-0.05, 0) is 50.6 Å². The third kappa shape index (κ3) is 2.94. The lowest BCUT2D eigenvalue weighted by Gasteiger charge is -2.42. The Hall–Kier alpha value is -0.0800. The lowest BCUT2D eigenvalue weighted by Crippen LogP contribution is -2.45. The second-order valence-electron chi connectivity index (χ2n) is 5.34. The molecule has 0 aromatic rings. The average Bonchev–Trinajstić information content (AvgIpc) is 2.15. The van der Waals surface area contributed by atoms with E-state index in [-0.39, 0.29) is 5.48 Å². The molecule has 0 radical (unpaired) electrons. The maximum atomic E-state index is 2.75. The van der Waals surface area contributed by atoms with Crippen LogP contribution in [0.15, 0.2) is 0 Å². The van der Waals surface area contributed by atoms with Gasteiger partial charge in [-0.1, -0.05) is 26.7 Å². The number of nitrogens with zero attached hydrogens (tertiary/aromatic N) is 1. The second-order valence-corrected chi connectivity index (χ2v) is 5.34. The van der Waals surface area contributed by atoms with Crippen molar-refractivity contribution in [2.24, 2.45) is 11.8 Å². The van der Waals surface area contributed by atoms with Crippen LogP contribution in [0, 0.1) is 11.8 Å². The summed E-state index contributed by atoms with van der Waals surface area (Å²) in [4.78, 5) is 2.75. The van der Waals surface area contributed by atoms with Crippen LogP contribution in [0.3, 0.4) is 0 Å². The molecule has 2 rings (SSSR count). The van der Waals surface area contributed by atoms with Gasteiger partial charge in [0.1, 0.15) is 0 Å². The summed E-state index contributed by atoms with van der Waals surface area (Å²) in [5.41, 5.74) is 0. The standard InChI is InChI=1S/C13H25N.H2O/c1-3-11(2)12-7-9-14(10-8-12)13-5-4-6-13;/h11-13H,3-10H2,1-2H3;1H2. The van der Waals surface area contributed by atoms with Gasteiger partial charge in [0.2, 0.25) is 0 Å². The lowest BCUT2D eigenvalue weighted by atomic mass is 9.82. The number of hydrogen-bond donors (Lipinski definition) is 0. The van der Waals surface area contributed by atoms with Crippen molar-refractivity contribution in [3.8, 4) is 0 Å². The van der Waals surface area contributed by atoms with E-state index >= 15 is 0 Å². The third-order valence-electron chi connectivity index (χ3n) is 4.61. The van der Waals surface area contributed by atoms with E-state index in [1.54, 1.807) is 0 Å². The van der Waals surface area contributed by atoms with Crippen molar-refractivity contribution in [1.29, 1.82) is 0 Å². The Morgan fingerprint density at radius 1 is 1.13 bits per heavy atom. The fourth-order valence-corrected chi connectivity index (χ4v) is 2.94. The summed E-state index contributed by atoms with van der Waals surface area (Å²) in [6, 6.07) is 0.980. The molecule has 2 heteroatoms. The van der Waals surface area contributed by atoms with E-state index in [1.165, 1.54) is 51.6 Å². The van der Waals surface area contributed by atoms with Crippen molar-refractivity contribution in [3.05, 3.63) is 0 Å². The zero-order valence-electron chi connectivity index (χ0n) is 10.3. The van der Waals surface area contributed by atoms with Crippen molar-refractivity contribution in [1.82, 2.24) is 4.90 Å². The minimum absolute atomic E-state index is 0. The first-order chi connectivity index (χ1) is 6.81.